The van der Waals surface area contributed by atoms with E-state index < -0.39 is 5.60 Å². The highest BCUT2D eigenvalue weighted by molar-refractivity contribution is 6.28. The zero-order chi connectivity index (χ0) is 12.2. The normalized spacial score (nSPS) is 15.0. The lowest BCUT2D eigenvalue weighted by molar-refractivity contribution is 0.0421. The summed E-state index contributed by atoms with van der Waals surface area (Å²) in [6.45, 7) is 5.59. The van der Waals surface area contributed by atoms with Crippen LogP contribution in [0.2, 0.25) is 5.28 Å². The average molecular weight is 247 g/mol. The van der Waals surface area contributed by atoms with Gasteiger partial charge >= 0.3 is 0 Å². The van der Waals surface area contributed by atoms with Gasteiger partial charge in [-0.2, -0.15) is 0 Å². The summed E-state index contributed by atoms with van der Waals surface area (Å²) in [6.07, 6.45) is 2.66. The molecule has 1 unspecified atom stereocenters. The van der Waals surface area contributed by atoms with Crippen LogP contribution >= 0.6 is 11.6 Å². The van der Waals surface area contributed by atoms with Gasteiger partial charge in [0.05, 0.1) is 12.1 Å². The van der Waals surface area contributed by atoms with E-state index >= 15 is 0 Å². The van der Waals surface area contributed by atoms with Crippen LogP contribution in [-0.4, -0.2) is 33.3 Å². The molecule has 0 fully saturated rings. The largest absolute Gasteiger partial charge is 0.387 e. The molecule has 92 valence electrons. The first-order valence-corrected chi connectivity index (χ1v) is 5.73. The molecule has 1 atom stereocenters. The topological polar surface area (TPSA) is 76.1 Å². The van der Waals surface area contributed by atoms with Crippen LogP contribution in [0.1, 0.15) is 20.3 Å². The molecule has 1 heterocycles. The molecule has 0 amide bonds. The van der Waals surface area contributed by atoms with Crippen molar-refractivity contribution in [3.05, 3.63) is 11.5 Å². The van der Waals surface area contributed by atoms with Crippen molar-refractivity contribution >= 4 is 17.4 Å². The number of hydrogen-bond acceptors (Lipinski definition) is 4. The zero-order valence-corrected chi connectivity index (χ0v) is 10.5. The van der Waals surface area contributed by atoms with Gasteiger partial charge in [-0.15, -0.1) is 0 Å². The third-order valence-electron chi connectivity index (χ3n) is 2.19. The number of nitrogens with two attached hydrogens (primary N) is 1. The first-order valence-electron chi connectivity index (χ1n) is 5.36. The Bertz CT molecular complexity index is 338. The van der Waals surface area contributed by atoms with Crippen LogP contribution in [0.25, 0.3) is 0 Å². The number of halogens is 1. The number of rotatable bonds is 6. The van der Waals surface area contributed by atoms with Crippen molar-refractivity contribution in [2.45, 2.75) is 32.4 Å². The van der Waals surface area contributed by atoms with Gasteiger partial charge in [-0.3, -0.25) is 0 Å². The summed E-state index contributed by atoms with van der Waals surface area (Å²) < 4.78 is 1.64. The summed E-state index contributed by atoms with van der Waals surface area (Å²) in [6, 6.07) is 0. The maximum atomic E-state index is 10.1. The van der Waals surface area contributed by atoms with E-state index in [1.807, 2.05) is 0 Å². The Morgan fingerprint density at radius 1 is 1.69 bits per heavy atom. The Morgan fingerprint density at radius 2 is 2.38 bits per heavy atom. The molecular formula is C10H19ClN4O. The van der Waals surface area contributed by atoms with Crippen LogP contribution in [0.5, 0.6) is 0 Å². The van der Waals surface area contributed by atoms with E-state index in [1.165, 1.54) is 0 Å². The lowest BCUT2D eigenvalue weighted by Crippen LogP contribution is -2.41. The minimum atomic E-state index is -0.869. The Kier molecular flexibility index (Phi) is 4.58. The van der Waals surface area contributed by atoms with Crippen molar-refractivity contribution in [2.75, 3.05) is 18.8 Å². The molecular weight excluding hydrogens is 228 g/mol. The predicted octanol–water partition coefficient (Wildman–Crippen LogP) is 0.869. The molecule has 1 rings (SSSR count). The lowest BCUT2D eigenvalue weighted by atomic mass is 10.1. The molecule has 0 bridgehead atoms. The van der Waals surface area contributed by atoms with Gasteiger partial charge in [0.1, 0.15) is 5.82 Å². The van der Waals surface area contributed by atoms with Crippen LogP contribution in [0.4, 0.5) is 5.82 Å². The molecule has 0 aromatic carbocycles. The molecule has 0 saturated carbocycles. The van der Waals surface area contributed by atoms with Gasteiger partial charge in [-0.25, -0.2) is 4.98 Å². The van der Waals surface area contributed by atoms with Crippen molar-refractivity contribution in [3.63, 3.8) is 0 Å². The second-order valence-electron chi connectivity index (χ2n) is 4.24. The van der Waals surface area contributed by atoms with E-state index in [0.29, 0.717) is 24.2 Å². The van der Waals surface area contributed by atoms with Crippen LogP contribution in [0.15, 0.2) is 6.20 Å². The van der Waals surface area contributed by atoms with Crippen molar-refractivity contribution in [1.82, 2.24) is 14.9 Å². The standard InChI is InChI=1S/C10H19ClN4O/c1-3-4-13-6-10(2,16)7-15-5-8(12)14-9(15)11/h5,13,16H,3-4,6-7,12H2,1-2H3. The minimum Gasteiger partial charge on any atom is -0.387 e. The molecule has 4 N–H and O–H groups in total. The molecule has 5 nitrogen and oxygen atoms in total. The highest BCUT2D eigenvalue weighted by atomic mass is 35.5. The van der Waals surface area contributed by atoms with Crippen molar-refractivity contribution in [1.29, 1.82) is 0 Å². The van der Waals surface area contributed by atoms with Crippen LogP contribution in [0.3, 0.4) is 0 Å². The summed E-state index contributed by atoms with van der Waals surface area (Å²) in [7, 11) is 0. The summed E-state index contributed by atoms with van der Waals surface area (Å²) in [5, 5.41) is 13.6. The van der Waals surface area contributed by atoms with E-state index in [1.54, 1.807) is 17.7 Å². The van der Waals surface area contributed by atoms with E-state index in [0.717, 1.165) is 13.0 Å². The summed E-state index contributed by atoms with van der Waals surface area (Å²) in [4.78, 5) is 3.87. The molecule has 0 saturated heterocycles. The summed E-state index contributed by atoms with van der Waals surface area (Å²) >= 11 is 5.85. The second-order valence-corrected chi connectivity index (χ2v) is 4.57. The van der Waals surface area contributed by atoms with Gasteiger partial charge in [0.2, 0.25) is 5.28 Å². The predicted molar refractivity (Wildman–Crippen MR) is 65.4 cm³/mol. The lowest BCUT2D eigenvalue weighted by Gasteiger charge is -2.24. The molecule has 0 aliphatic heterocycles. The van der Waals surface area contributed by atoms with Gasteiger partial charge in [-0.05, 0) is 31.5 Å². The van der Waals surface area contributed by atoms with E-state index in [2.05, 4.69) is 17.2 Å². The molecule has 0 radical (unpaired) electrons. The average Bonchev–Trinajstić information content (AvgIpc) is 2.44. The fraction of sp³-hybridized carbons (Fsp3) is 0.700. The van der Waals surface area contributed by atoms with Crippen LogP contribution in [-0.2, 0) is 6.54 Å². The number of aromatic nitrogens is 2. The number of nitrogen functional groups attached to an aromatic ring is 1. The Morgan fingerprint density at radius 3 is 2.88 bits per heavy atom. The van der Waals surface area contributed by atoms with Crippen molar-refractivity contribution < 1.29 is 5.11 Å². The Balaban J connectivity index is 2.54. The number of nitrogens with one attached hydrogen (secondary N) is 1. The van der Waals surface area contributed by atoms with Crippen LogP contribution < -0.4 is 11.1 Å². The molecule has 1 aromatic heterocycles. The molecule has 0 aliphatic rings. The molecule has 6 heteroatoms. The first-order chi connectivity index (χ1) is 7.44. The number of nitrogens with zero attached hydrogens (tertiary/aromatic N) is 2. The van der Waals surface area contributed by atoms with E-state index in [9.17, 15) is 5.11 Å². The number of imidazole rings is 1. The highest BCUT2D eigenvalue weighted by Gasteiger charge is 2.21. The van der Waals surface area contributed by atoms with Crippen molar-refractivity contribution in [3.8, 4) is 0 Å². The smallest absolute Gasteiger partial charge is 0.204 e. The first kappa shape index (κ1) is 13.3. The molecule has 1 aromatic rings. The number of anilines is 1. The highest BCUT2D eigenvalue weighted by Crippen LogP contribution is 2.15. The summed E-state index contributed by atoms with van der Waals surface area (Å²) in [5.74, 6) is 0.363. The molecule has 0 spiro atoms. The van der Waals surface area contributed by atoms with Crippen LogP contribution in [0, 0.1) is 0 Å². The monoisotopic (exact) mass is 246 g/mol. The Labute approximate surface area is 101 Å². The number of hydrogen-bond donors (Lipinski definition) is 3. The van der Waals surface area contributed by atoms with Gasteiger partial charge in [0.25, 0.3) is 0 Å². The second kappa shape index (κ2) is 5.52. The van der Waals surface area contributed by atoms with Gasteiger partial charge in [0.15, 0.2) is 0 Å². The van der Waals surface area contributed by atoms with Gasteiger partial charge < -0.3 is 20.7 Å². The third kappa shape index (κ3) is 4.00. The molecule has 16 heavy (non-hydrogen) atoms. The van der Waals surface area contributed by atoms with Gasteiger partial charge in [0, 0.05) is 12.7 Å². The fourth-order valence-electron chi connectivity index (χ4n) is 1.48. The number of aliphatic hydroxyl groups is 1. The van der Waals surface area contributed by atoms with E-state index in [-0.39, 0.29) is 0 Å². The van der Waals surface area contributed by atoms with E-state index in [4.69, 9.17) is 17.3 Å². The maximum Gasteiger partial charge on any atom is 0.204 e. The SMILES string of the molecule is CCCNCC(C)(O)Cn1cc(N)nc1Cl. The quantitative estimate of drug-likeness (QED) is 0.651. The Hall–Kier alpha value is -0.780. The molecule has 0 aliphatic carbocycles. The van der Waals surface area contributed by atoms with Gasteiger partial charge in [-0.1, -0.05) is 6.92 Å². The minimum absolute atomic E-state index is 0.299. The zero-order valence-electron chi connectivity index (χ0n) is 9.70. The van der Waals surface area contributed by atoms with Crippen molar-refractivity contribution in [2.24, 2.45) is 0 Å². The summed E-state index contributed by atoms with van der Waals surface area (Å²) in [5.41, 5.74) is 4.64. The maximum absolute atomic E-state index is 10.1. The fourth-order valence-corrected chi connectivity index (χ4v) is 1.69. The third-order valence-corrected chi connectivity index (χ3v) is 2.49.